The van der Waals surface area contributed by atoms with Crippen LogP contribution < -0.4 is 0 Å². The Hall–Kier alpha value is -1.23. The van der Waals surface area contributed by atoms with Crippen molar-refractivity contribution in [2.45, 2.75) is 13.8 Å². The molecule has 0 aliphatic rings. The summed E-state index contributed by atoms with van der Waals surface area (Å²) in [4.78, 5) is 8.00. The molecule has 0 saturated carbocycles. The lowest BCUT2D eigenvalue weighted by Crippen LogP contribution is -2.01. The molecule has 0 unspecified atom stereocenters. The number of hydrogen-bond donors (Lipinski definition) is 0. The van der Waals surface area contributed by atoms with Gasteiger partial charge in [0.25, 0.3) is 0 Å². The Kier molecular flexibility index (Phi) is 2.33. The van der Waals surface area contributed by atoms with Crippen molar-refractivity contribution in [2.75, 3.05) is 0 Å². The van der Waals surface area contributed by atoms with Crippen LogP contribution in [0.2, 0.25) is 0 Å². The van der Waals surface area contributed by atoms with Crippen LogP contribution in [0.5, 0.6) is 0 Å². The van der Waals surface area contributed by atoms with Crippen LogP contribution in [0.3, 0.4) is 0 Å². The van der Waals surface area contributed by atoms with E-state index >= 15 is 0 Å². The highest BCUT2D eigenvalue weighted by atomic mass is 79.9. The molecule has 0 fully saturated rings. The highest BCUT2D eigenvalue weighted by molar-refractivity contribution is 9.10. The normalized spacial score (nSPS) is 10.5. The third-order valence-corrected chi connectivity index (χ3v) is 3.13. The summed E-state index contributed by atoms with van der Waals surface area (Å²) < 4.78 is 2.82. The molecule has 0 radical (unpaired) electrons. The number of halogens is 1. The molecule has 2 heterocycles. The first-order valence-electron chi connectivity index (χ1n) is 4.18. The number of aryl methyl sites for hydroxylation is 1. The lowest BCUT2D eigenvalue weighted by atomic mass is 10.4. The van der Waals surface area contributed by atoms with Crippen LogP contribution in [0.1, 0.15) is 11.4 Å². The van der Waals surface area contributed by atoms with Gasteiger partial charge in [0.2, 0.25) is 0 Å². The zero-order valence-electron chi connectivity index (χ0n) is 7.90. The summed E-state index contributed by atoms with van der Waals surface area (Å²) in [7, 11) is 0. The summed E-state index contributed by atoms with van der Waals surface area (Å²) in [5.74, 6) is 0.784. The minimum absolute atomic E-state index is 0.784. The molecule has 0 atom stereocenters. The Bertz CT molecular complexity index is 449. The van der Waals surface area contributed by atoms with E-state index in [0.29, 0.717) is 0 Å². The third kappa shape index (κ3) is 1.43. The second kappa shape index (κ2) is 3.49. The molecule has 2 aromatic heterocycles. The van der Waals surface area contributed by atoms with Crippen LogP contribution in [0, 0.1) is 13.8 Å². The second-order valence-electron chi connectivity index (χ2n) is 2.96. The first-order valence-corrected chi connectivity index (χ1v) is 4.97. The van der Waals surface area contributed by atoms with Crippen molar-refractivity contribution in [1.29, 1.82) is 0 Å². The highest BCUT2D eigenvalue weighted by Gasteiger charge is 2.10. The van der Waals surface area contributed by atoms with E-state index in [1.165, 1.54) is 6.33 Å². The number of aromatic nitrogens is 4. The average molecular weight is 253 g/mol. The molecule has 0 N–H and O–H groups in total. The summed E-state index contributed by atoms with van der Waals surface area (Å²) in [6.07, 6.45) is 3.21. The van der Waals surface area contributed by atoms with E-state index < -0.39 is 0 Å². The maximum Gasteiger partial charge on any atom is 0.157 e. The van der Waals surface area contributed by atoms with E-state index in [2.05, 4.69) is 31.0 Å². The van der Waals surface area contributed by atoms with Gasteiger partial charge in [-0.3, -0.25) is 0 Å². The van der Waals surface area contributed by atoms with Crippen molar-refractivity contribution in [1.82, 2.24) is 19.7 Å². The van der Waals surface area contributed by atoms with Gasteiger partial charge in [0, 0.05) is 12.3 Å². The van der Waals surface area contributed by atoms with E-state index in [1.807, 2.05) is 19.9 Å². The maximum absolute atomic E-state index is 4.36. The van der Waals surface area contributed by atoms with Gasteiger partial charge in [-0.25, -0.2) is 14.6 Å². The van der Waals surface area contributed by atoms with Gasteiger partial charge in [-0.05, 0) is 29.8 Å². The van der Waals surface area contributed by atoms with Crippen LogP contribution in [-0.2, 0) is 0 Å². The zero-order chi connectivity index (χ0) is 10.1. The van der Waals surface area contributed by atoms with Crippen molar-refractivity contribution in [3.05, 3.63) is 34.5 Å². The molecule has 0 aliphatic carbocycles. The first kappa shape index (κ1) is 9.33. The molecule has 2 aromatic rings. The summed E-state index contributed by atoms with van der Waals surface area (Å²) in [5.41, 5.74) is 2.00. The predicted octanol–water partition coefficient (Wildman–Crippen LogP) is 2.04. The summed E-state index contributed by atoms with van der Waals surface area (Å²) in [6, 6.07) is 1.83. The Morgan fingerprint density at radius 1 is 1.36 bits per heavy atom. The summed E-state index contributed by atoms with van der Waals surface area (Å²) in [5, 5.41) is 4.36. The van der Waals surface area contributed by atoms with Gasteiger partial charge in [-0.1, -0.05) is 0 Å². The molecule has 2 rings (SSSR count). The second-order valence-corrected chi connectivity index (χ2v) is 3.76. The van der Waals surface area contributed by atoms with Gasteiger partial charge in [-0.15, -0.1) is 0 Å². The molecule has 0 amide bonds. The number of nitrogens with zero attached hydrogens (tertiary/aromatic N) is 4. The fourth-order valence-corrected chi connectivity index (χ4v) is 1.50. The number of hydrogen-bond acceptors (Lipinski definition) is 3. The van der Waals surface area contributed by atoms with Gasteiger partial charge >= 0.3 is 0 Å². The molecule has 0 aliphatic heterocycles. The summed E-state index contributed by atoms with van der Waals surface area (Å²) in [6.45, 7) is 3.95. The Morgan fingerprint density at radius 2 is 2.14 bits per heavy atom. The van der Waals surface area contributed by atoms with E-state index in [4.69, 9.17) is 0 Å². The predicted molar refractivity (Wildman–Crippen MR) is 56.3 cm³/mol. The van der Waals surface area contributed by atoms with E-state index in [-0.39, 0.29) is 0 Å². The molecule has 0 spiro atoms. The van der Waals surface area contributed by atoms with Crippen LogP contribution in [0.15, 0.2) is 23.1 Å². The summed E-state index contributed by atoms with van der Waals surface area (Å²) >= 11 is 3.47. The third-order valence-electron chi connectivity index (χ3n) is 1.99. The molecule has 0 aromatic carbocycles. The Balaban J connectivity index is 2.58. The maximum atomic E-state index is 4.36. The average Bonchev–Trinajstić information content (AvgIpc) is 2.47. The largest absolute Gasteiger partial charge is 0.245 e. The van der Waals surface area contributed by atoms with Crippen molar-refractivity contribution in [3.8, 4) is 5.82 Å². The molecule has 14 heavy (non-hydrogen) atoms. The van der Waals surface area contributed by atoms with Crippen LogP contribution in [0.25, 0.3) is 5.82 Å². The van der Waals surface area contributed by atoms with Crippen molar-refractivity contribution < 1.29 is 0 Å². The van der Waals surface area contributed by atoms with Crippen LogP contribution >= 0.6 is 15.9 Å². The van der Waals surface area contributed by atoms with E-state index in [9.17, 15) is 0 Å². The molecule has 5 heteroatoms. The first-order chi connectivity index (χ1) is 6.70. The zero-order valence-corrected chi connectivity index (χ0v) is 9.48. The molecular weight excluding hydrogens is 244 g/mol. The van der Waals surface area contributed by atoms with Gasteiger partial charge in [-0.2, -0.15) is 5.10 Å². The minimum Gasteiger partial charge on any atom is -0.245 e. The molecule has 0 bridgehead atoms. The quantitative estimate of drug-likeness (QED) is 0.781. The van der Waals surface area contributed by atoms with Gasteiger partial charge in [0.05, 0.1) is 15.9 Å². The van der Waals surface area contributed by atoms with Crippen molar-refractivity contribution in [3.63, 3.8) is 0 Å². The van der Waals surface area contributed by atoms with Crippen LogP contribution in [-0.4, -0.2) is 19.7 Å². The Labute approximate surface area is 90.1 Å². The fourth-order valence-electron chi connectivity index (χ4n) is 1.26. The van der Waals surface area contributed by atoms with Gasteiger partial charge < -0.3 is 0 Å². The molecule has 72 valence electrons. The van der Waals surface area contributed by atoms with Crippen molar-refractivity contribution >= 4 is 15.9 Å². The monoisotopic (exact) mass is 252 g/mol. The minimum atomic E-state index is 0.784. The topological polar surface area (TPSA) is 43.6 Å². The SMILES string of the molecule is Cc1nn(-c2ccncn2)c(C)c1Br. The standard InChI is InChI=1S/C9H9BrN4/c1-6-9(10)7(2)14(13-6)8-3-4-11-5-12-8/h3-5H,1-2H3. The van der Waals surface area contributed by atoms with Gasteiger partial charge in [0.15, 0.2) is 5.82 Å². The van der Waals surface area contributed by atoms with Gasteiger partial charge in [0.1, 0.15) is 6.33 Å². The molecule has 4 nitrogen and oxygen atoms in total. The lowest BCUT2D eigenvalue weighted by molar-refractivity contribution is 0.800. The molecular formula is C9H9BrN4. The van der Waals surface area contributed by atoms with Crippen LogP contribution in [0.4, 0.5) is 0 Å². The Morgan fingerprint density at radius 3 is 2.64 bits per heavy atom. The van der Waals surface area contributed by atoms with Crippen molar-refractivity contribution in [2.24, 2.45) is 0 Å². The fraction of sp³-hybridized carbons (Fsp3) is 0.222. The molecule has 0 saturated heterocycles. The smallest absolute Gasteiger partial charge is 0.157 e. The highest BCUT2D eigenvalue weighted by Crippen LogP contribution is 2.21. The van der Waals surface area contributed by atoms with E-state index in [1.54, 1.807) is 10.9 Å². The lowest BCUT2D eigenvalue weighted by Gasteiger charge is -2.01. The number of rotatable bonds is 1. The van der Waals surface area contributed by atoms with E-state index in [0.717, 1.165) is 21.7 Å².